The Morgan fingerprint density at radius 2 is 2.31 bits per heavy atom. The first-order chi connectivity index (χ1) is 12.4. The van der Waals surface area contributed by atoms with Gasteiger partial charge in [0.25, 0.3) is 5.92 Å². The summed E-state index contributed by atoms with van der Waals surface area (Å²) in [5.41, 5.74) is 2.51. The molecule has 1 atom stereocenters. The van der Waals surface area contributed by atoms with E-state index in [1.54, 1.807) is 31.3 Å². The lowest BCUT2D eigenvalue weighted by atomic mass is 10.2. The first-order valence-corrected chi connectivity index (χ1v) is 9.50. The molecular formula is C18H22F2N4OS. The molecule has 2 heterocycles. The van der Waals surface area contributed by atoms with E-state index >= 15 is 0 Å². The summed E-state index contributed by atoms with van der Waals surface area (Å²) in [5, 5.41) is 4.43. The van der Waals surface area contributed by atoms with Crippen LogP contribution >= 0.6 is 11.8 Å². The van der Waals surface area contributed by atoms with Crippen LogP contribution in [0.1, 0.15) is 12.8 Å². The first kappa shape index (κ1) is 18.7. The fourth-order valence-corrected chi connectivity index (χ4v) is 3.76. The number of pyridine rings is 1. The Kier molecular flexibility index (Phi) is 5.50. The van der Waals surface area contributed by atoms with Gasteiger partial charge in [0.05, 0.1) is 5.69 Å². The Labute approximate surface area is 156 Å². The van der Waals surface area contributed by atoms with Crippen molar-refractivity contribution in [2.24, 2.45) is 5.92 Å². The molecule has 0 amide bonds. The molecular weight excluding hydrogens is 358 g/mol. The van der Waals surface area contributed by atoms with E-state index in [1.807, 2.05) is 30.1 Å². The summed E-state index contributed by atoms with van der Waals surface area (Å²) in [6.07, 6.45) is 4.19. The predicted molar refractivity (Wildman–Crippen MR) is 101 cm³/mol. The third-order valence-corrected chi connectivity index (χ3v) is 5.55. The van der Waals surface area contributed by atoms with Crippen LogP contribution in [0.3, 0.4) is 0 Å². The topological polar surface area (TPSA) is 43.2 Å². The van der Waals surface area contributed by atoms with Crippen molar-refractivity contribution >= 4 is 17.6 Å². The highest BCUT2D eigenvalue weighted by molar-refractivity contribution is 7.99. The normalized spacial score (nSPS) is 17.8. The van der Waals surface area contributed by atoms with Gasteiger partial charge in [0.2, 0.25) is 0 Å². The summed E-state index contributed by atoms with van der Waals surface area (Å²) in [5.74, 6) is -0.878. The number of halogens is 2. The molecule has 0 spiro atoms. The maximum atomic E-state index is 12.9. The maximum absolute atomic E-state index is 12.9. The summed E-state index contributed by atoms with van der Waals surface area (Å²) in [6.45, 7) is 4.10. The van der Waals surface area contributed by atoms with Gasteiger partial charge in [0, 0.05) is 54.9 Å². The van der Waals surface area contributed by atoms with E-state index in [0.717, 1.165) is 28.5 Å². The third-order valence-electron chi connectivity index (χ3n) is 4.42. The van der Waals surface area contributed by atoms with Crippen LogP contribution in [-0.4, -0.2) is 46.5 Å². The summed E-state index contributed by atoms with van der Waals surface area (Å²) in [4.78, 5) is 12.8. The van der Waals surface area contributed by atoms with Crippen LogP contribution in [0.25, 0.3) is 11.3 Å². The van der Waals surface area contributed by atoms with E-state index in [2.05, 4.69) is 16.7 Å². The Morgan fingerprint density at radius 3 is 2.92 bits per heavy atom. The lowest BCUT2D eigenvalue weighted by Crippen LogP contribution is -2.22. The van der Waals surface area contributed by atoms with Gasteiger partial charge >= 0.3 is 0 Å². The van der Waals surface area contributed by atoms with Crippen molar-refractivity contribution in [1.29, 1.82) is 0 Å². The molecule has 1 saturated carbocycles. The van der Waals surface area contributed by atoms with Crippen molar-refractivity contribution in [2.75, 3.05) is 30.6 Å². The highest BCUT2D eigenvalue weighted by Gasteiger charge is 2.56. The number of anilines is 1. The fourth-order valence-electron chi connectivity index (χ4n) is 2.57. The molecule has 1 unspecified atom stereocenters. The summed E-state index contributed by atoms with van der Waals surface area (Å²) < 4.78 is 25.8. The van der Waals surface area contributed by atoms with Crippen LogP contribution in [0.4, 0.5) is 14.6 Å². The van der Waals surface area contributed by atoms with Gasteiger partial charge in [-0.15, -0.1) is 5.10 Å². The zero-order chi connectivity index (χ0) is 18.7. The molecule has 0 aliphatic heterocycles. The predicted octanol–water partition coefficient (Wildman–Crippen LogP) is 3.73. The van der Waals surface area contributed by atoms with Crippen LogP contribution in [0.15, 0.2) is 42.9 Å². The number of hydrogen-bond acceptors (Lipinski definition) is 5. The third kappa shape index (κ3) is 4.17. The van der Waals surface area contributed by atoms with Gasteiger partial charge < -0.3 is 9.74 Å². The van der Waals surface area contributed by atoms with E-state index in [0.29, 0.717) is 12.2 Å². The minimum atomic E-state index is -2.44. The van der Waals surface area contributed by atoms with Crippen LogP contribution in [-0.2, 0) is 0 Å². The van der Waals surface area contributed by atoms with E-state index in [-0.39, 0.29) is 6.42 Å². The van der Waals surface area contributed by atoms with Crippen LogP contribution in [0.2, 0.25) is 0 Å². The fraction of sp³-hybridized carbons (Fsp3) is 0.444. The molecule has 1 fully saturated rings. The van der Waals surface area contributed by atoms with Crippen LogP contribution in [0.5, 0.6) is 0 Å². The molecule has 3 rings (SSSR count). The summed E-state index contributed by atoms with van der Waals surface area (Å²) >= 11 is 1.55. The quantitative estimate of drug-likeness (QED) is 0.620. The van der Waals surface area contributed by atoms with Crippen LogP contribution in [0, 0.1) is 5.92 Å². The van der Waals surface area contributed by atoms with Gasteiger partial charge in [-0.2, -0.15) is 11.8 Å². The van der Waals surface area contributed by atoms with Gasteiger partial charge in [-0.25, -0.2) is 8.78 Å². The van der Waals surface area contributed by atoms with E-state index in [9.17, 15) is 8.78 Å². The SMILES string of the molecule is C=C(CCSCC1CC1(F)F)N(C)c1cc(-c2cccnc2)nn1OC. The monoisotopic (exact) mass is 380 g/mol. The minimum absolute atomic E-state index is 0.0327. The van der Waals surface area contributed by atoms with Gasteiger partial charge in [-0.3, -0.25) is 4.98 Å². The second-order valence-corrected chi connectivity index (χ2v) is 7.45. The van der Waals surface area contributed by atoms with Crippen molar-refractivity contribution < 1.29 is 13.6 Å². The molecule has 1 aliphatic rings. The molecule has 0 N–H and O–H groups in total. The van der Waals surface area contributed by atoms with Crippen molar-refractivity contribution in [3.05, 3.63) is 42.9 Å². The summed E-state index contributed by atoms with van der Waals surface area (Å²) in [7, 11) is 3.44. The molecule has 0 bridgehead atoms. The second-order valence-electron chi connectivity index (χ2n) is 6.30. The minimum Gasteiger partial charge on any atom is -0.398 e. The van der Waals surface area contributed by atoms with Crippen molar-refractivity contribution in [3.8, 4) is 11.3 Å². The van der Waals surface area contributed by atoms with E-state index in [4.69, 9.17) is 4.84 Å². The highest BCUT2D eigenvalue weighted by atomic mass is 32.2. The molecule has 5 nitrogen and oxygen atoms in total. The Morgan fingerprint density at radius 1 is 1.54 bits per heavy atom. The van der Waals surface area contributed by atoms with Crippen molar-refractivity contribution in [2.45, 2.75) is 18.8 Å². The second kappa shape index (κ2) is 7.65. The zero-order valence-electron chi connectivity index (χ0n) is 14.9. The smallest absolute Gasteiger partial charge is 0.252 e. The average molecular weight is 380 g/mol. The molecule has 26 heavy (non-hydrogen) atoms. The number of nitrogens with zero attached hydrogens (tertiary/aromatic N) is 4. The molecule has 140 valence electrons. The molecule has 0 radical (unpaired) electrons. The lowest BCUT2D eigenvalue weighted by Gasteiger charge is -2.21. The molecule has 0 saturated heterocycles. The van der Waals surface area contributed by atoms with Crippen molar-refractivity contribution in [3.63, 3.8) is 0 Å². The molecule has 0 aromatic carbocycles. The Bertz CT molecular complexity index is 766. The Hall–Kier alpha value is -2.09. The van der Waals surface area contributed by atoms with E-state index in [1.165, 1.54) is 4.85 Å². The number of alkyl halides is 2. The van der Waals surface area contributed by atoms with Gasteiger partial charge in [0.15, 0.2) is 5.82 Å². The molecule has 2 aromatic heterocycles. The van der Waals surface area contributed by atoms with Gasteiger partial charge in [-0.1, -0.05) is 11.4 Å². The van der Waals surface area contributed by atoms with Crippen molar-refractivity contribution in [1.82, 2.24) is 14.9 Å². The highest BCUT2D eigenvalue weighted by Crippen LogP contribution is 2.50. The number of hydrogen-bond donors (Lipinski definition) is 0. The van der Waals surface area contributed by atoms with Crippen LogP contribution < -0.4 is 9.74 Å². The molecule has 1 aliphatic carbocycles. The largest absolute Gasteiger partial charge is 0.398 e. The standard InChI is InChI=1S/C18H22F2N4OS/c1-13(6-8-26-12-15-10-18(15,19)20)23(2)17-9-16(22-24(17)25-3)14-5-4-7-21-11-14/h4-5,7,9,11,15H,1,6,8,10,12H2,2-3H3. The van der Waals surface area contributed by atoms with Gasteiger partial charge in [0.1, 0.15) is 7.11 Å². The maximum Gasteiger partial charge on any atom is 0.252 e. The lowest BCUT2D eigenvalue weighted by molar-refractivity contribution is 0.103. The van der Waals surface area contributed by atoms with E-state index < -0.39 is 11.8 Å². The summed E-state index contributed by atoms with van der Waals surface area (Å²) in [6, 6.07) is 5.69. The van der Waals surface area contributed by atoms with Gasteiger partial charge in [-0.05, 0) is 24.3 Å². The molecule has 2 aromatic rings. The number of allylic oxidation sites excluding steroid dienone is 1. The zero-order valence-corrected chi connectivity index (χ0v) is 15.7. The first-order valence-electron chi connectivity index (χ1n) is 8.34. The average Bonchev–Trinajstić information content (AvgIpc) is 3.06. The number of rotatable bonds is 9. The number of aromatic nitrogens is 3. The molecule has 8 heteroatoms. The Balaban J connectivity index is 1.58. The number of thioether (sulfide) groups is 1.